The molecule has 0 aliphatic heterocycles. The van der Waals surface area contributed by atoms with Gasteiger partial charge in [-0.05, 0) is 46.2 Å². The number of rotatable bonds is 4. The smallest absolute Gasteiger partial charge is 0.164 e. The van der Waals surface area contributed by atoms with Gasteiger partial charge < -0.3 is 4.42 Å². The summed E-state index contributed by atoms with van der Waals surface area (Å²) in [5.74, 6) is 1.96. The van der Waals surface area contributed by atoms with Gasteiger partial charge in [-0.1, -0.05) is 115 Å². The summed E-state index contributed by atoms with van der Waals surface area (Å²) in [6.45, 7) is 0. The minimum Gasteiger partial charge on any atom is -0.456 e. The molecule has 0 spiro atoms. The number of furan rings is 1. The quantitative estimate of drug-likeness (QED) is 0.230. The number of nitrogens with zero attached hydrogens (tertiary/aromatic N) is 3. The number of hydrogen-bond donors (Lipinski definition) is 0. The van der Waals surface area contributed by atoms with Gasteiger partial charge in [-0.25, -0.2) is 15.0 Å². The molecule has 2 aromatic heterocycles. The first kappa shape index (κ1) is 23.3. The highest BCUT2D eigenvalue weighted by molar-refractivity contribution is 6.11. The van der Waals surface area contributed by atoms with Crippen LogP contribution in [0.3, 0.4) is 0 Å². The molecule has 0 aliphatic rings. The molecule has 4 heteroatoms. The monoisotopic (exact) mass is 525 g/mol. The highest BCUT2D eigenvalue weighted by Gasteiger charge is 2.13. The number of fused-ring (bicyclic) bond motifs is 4. The highest BCUT2D eigenvalue weighted by atomic mass is 16.3. The summed E-state index contributed by atoms with van der Waals surface area (Å²) in [6, 6.07) is 47.6. The molecule has 0 atom stereocenters. The average molecular weight is 526 g/mol. The molecule has 0 aliphatic carbocycles. The lowest BCUT2D eigenvalue weighted by atomic mass is 10.0. The average Bonchev–Trinajstić information content (AvgIpc) is 3.41. The Balaban J connectivity index is 1.20. The van der Waals surface area contributed by atoms with Crippen LogP contribution in [0.25, 0.3) is 78.0 Å². The van der Waals surface area contributed by atoms with Crippen molar-refractivity contribution in [1.29, 1.82) is 0 Å². The zero-order valence-corrected chi connectivity index (χ0v) is 22.0. The Morgan fingerprint density at radius 3 is 1.41 bits per heavy atom. The van der Waals surface area contributed by atoms with Crippen molar-refractivity contribution in [2.75, 3.05) is 0 Å². The lowest BCUT2D eigenvalue weighted by Crippen LogP contribution is -2.00. The molecule has 0 N–H and O–H groups in total. The maximum Gasteiger partial charge on any atom is 0.164 e. The van der Waals surface area contributed by atoms with Crippen LogP contribution in [0.2, 0.25) is 0 Å². The van der Waals surface area contributed by atoms with Crippen molar-refractivity contribution in [3.8, 4) is 45.3 Å². The third-order valence-electron chi connectivity index (χ3n) is 7.51. The standard InChI is InChI=1S/C37H23N3O/c1-3-9-25(10-4-1)35-38-36(26-11-5-2-6-12-26)40-37(39-35)27-17-15-24(16-18-27)30-19-20-33-31(22-30)32-21-28-13-7-8-14-29(28)23-34(32)41-33/h1-23H. The van der Waals surface area contributed by atoms with E-state index in [4.69, 9.17) is 19.4 Å². The summed E-state index contributed by atoms with van der Waals surface area (Å²) in [7, 11) is 0. The Morgan fingerprint density at radius 2 is 0.805 bits per heavy atom. The third-order valence-corrected chi connectivity index (χ3v) is 7.51. The maximum absolute atomic E-state index is 6.20. The van der Waals surface area contributed by atoms with Gasteiger partial charge in [-0.15, -0.1) is 0 Å². The van der Waals surface area contributed by atoms with Crippen molar-refractivity contribution < 1.29 is 4.42 Å². The molecule has 0 radical (unpaired) electrons. The van der Waals surface area contributed by atoms with Gasteiger partial charge >= 0.3 is 0 Å². The van der Waals surface area contributed by atoms with Gasteiger partial charge in [-0.2, -0.15) is 0 Å². The van der Waals surface area contributed by atoms with Gasteiger partial charge in [-0.3, -0.25) is 0 Å². The first-order valence-corrected chi connectivity index (χ1v) is 13.6. The second-order valence-electron chi connectivity index (χ2n) is 10.1. The number of benzene rings is 6. The van der Waals surface area contributed by atoms with E-state index in [9.17, 15) is 0 Å². The van der Waals surface area contributed by atoms with E-state index >= 15 is 0 Å². The summed E-state index contributed by atoms with van der Waals surface area (Å²) in [4.78, 5) is 14.5. The molecular formula is C37H23N3O. The van der Waals surface area contributed by atoms with Gasteiger partial charge in [0, 0.05) is 27.5 Å². The predicted octanol–water partition coefficient (Wildman–Crippen LogP) is 9.59. The molecule has 2 heterocycles. The second kappa shape index (κ2) is 9.54. The fraction of sp³-hybridized carbons (Fsp3) is 0. The maximum atomic E-state index is 6.20. The minimum absolute atomic E-state index is 0.646. The highest BCUT2D eigenvalue weighted by Crippen LogP contribution is 2.35. The van der Waals surface area contributed by atoms with Crippen LogP contribution in [-0.2, 0) is 0 Å². The summed E-state index contributed by atoms with van der Waals surface area (Å²) in [5, 5.41) is 4.63. The Kier molecular flexibility index (Phi) is 5.42. The van der Waals surface area contributed by atoms with Crippen LogP contribution in [-0.4, -0.2) is 15.0 Å². The Labute approximate surface area is 236 Å². The van der Waals surface area contributed by atoms with Crippen LogP contribution in [0.15, 0.2) is 144 Å². The van der Waals surface area contributed by atoms with Crippen molar-refractivity contribution in [3.05, 3.63) is 140 Å². The molecular weight excluding hydrogens is 502 g/mol. The molecule has 6 aromatic carbocycles. The zero-order valence-electron chi connectivity index (χ0n) is 22.0. The topological polar surface area (TPSA) is 51.8 Å². The van der Waals surface area contributed by atoms with Crippen molar-refractivity contribution in [2.24, 2.45) is 0 Å². The van der Waals surface area contributed by atoms with Crippen LogP contribution in [0, 0.1) is 0 Å². The first-order chi connectivity index (χ1) is 20.3. The molecule has 0 amide bonds. The van der Waals surface area contributed by atoms with E-state index in [1.807, 2.05) is 60.7 Å². The van der Waals surface area contributed by atoms with Gasteiger partial charge in [0.25, 0.3) is 0 Å². The number of aromatic nitrogens is 3. The molecule has 0 bridgehead atoms. The summed E-state index contributed by atoms with van der Waals surface area (Å²) < 4.78 is 6.20. The molecule has 41 heavy (non-hydrogen) atoms. The normalized spacial score (nSPS) is 11.4. The largest absolute Gasteiger partial charge is 0.456 e. The van der Waals surface area contributed by atoms with E-state index in [0.717, 1.165) is 49.8 Å². The molecule has 0 unspecified atom stereocenters. The lowest BCUT2D eigenvalue weighted by Gasteiger charge is -2.09. The van der Waals surface area contributed by atoms with Crippen molar-refractivity contribution in [2.45, 2.75) is 0 Å². The molecule has 192 valence electrons. The molecule has 4 nitrogen and oxygen atoms in total. The van der Waals surface area contributed by atoms with Crippen LogP contribution in [0.5, 0.6) is 0 Å². The van der Waals surface area contributed by atoms with Crippen molar-refractivity contribution >= 4 is 32.7 Å². The van der Waals surface area contributed by atoms with E-state index < -0.39 is 0 Å². The first-order valence-electron chi connectivity index (χ1n) is 13.6. The lowest BCUT2D eigenvalue weighted by molar-refractivity contribution is 0.669. The van der Waals surface area contributed by atoms with E-state index in [1.165, 1.54) is 10.8 Å². The summed E-state index contributed by atoms with van der Waals surface area (Å²) >= 11 is 0. The van der Waals surface area contributed by atoms with Gasteiger partial charge in [0.1, 0.15) is 11.2 Å². The molecule has 0 saturated heterocycles. The zero-order chi connectivity index (χ0) is 27.2. The molecule has 8 rings (SSSR count). The summed E-state index contributed by atoms with van der Waals surface area (Å²) in [5.41, 5.74) is 6.90. The second-order valence-corrected chi connectivity index (χ2v) is 10.1. The van der Waals surface area contributed by atoms with Crippen LogP contribution in [0.4, 0.5) is 0 Å². The van der Waals surface area contributed by atoms with E-state index in [0.29, 0.717) is 17.5 Å². The minimum atomic E-state index is 0.646. The van der Waals surface area contributed by atoms with E-state index in [-0.39, 0.29) is 0 Å². The van der Waals surface area contributed by atoms with E-state index in [1.54, 1.807) is 0 Å². The third kappa shape index (κ3) is 4.23. The van der Waals surface area contributed by atoms with Gasteiger partial charge in [0.15, 0.2) is 17.5 Å². The predicted molar refractivity (Wildman–Crippen MR) is 166 cm³/mol. The van der Waals surface area contributed by atoms with Crippen molar-refractivity contribution in [3.63, 3.8) is 0 Å². The van der Waals surface area contributed by atoms with Crippen LogP contribution >= 0.6 is 0 Å². The van der Waals surface area contributed by atoms with E-state index in [2.05, 4.69) is 78.9 Å². The Bertz CT molecular complexity index is 2130. The fourth-order valence-electron chi connectivity index (χ4n) is 5.39. The van der Waals surface area contributed by atoms with Crippen LogP contribution in [0.1, 0.15) is 0 Å². The molecule has 0 fully saturated rings. The van der Waals surface area contributed by atoms with Gasteiger partial charge in [0.05, 0.1) is 0 Å². The molecule has 8 aromatic rings. The number of hydrogen-bond acceptors (Lipinski definition) is 4. The van der Waals surface area contributed by atoms with Crippen LogP contribution < -0.4 is 0 Å². The molecule has 0 saturated carbocycles. The summed E-state index contributed by atoms with van der Waals surface area (Å²) in [6.07, 6.45) is 0. The van der Waals surface area contributed by atoms with Gasteiger partial charge in [0.2, 0.25) is 0 Å². The van der Waals surface area contributed by atoms with Crippen molar-refractivity contribution in [1.82, 2.24) is 15.0 Å². The SMILES string of the molecule is c1ccc(-c2nc(-c3ccccc3)nc(-c3ccc(-c4ccc5oc6cc7ccccc7cc6c5c4)cc3)n2)cc1. The fourth-order valence-corrected chi connectivity index (χ4v) is 5.39. The Morgan fingerprint density at radius 1 is 0.341 bits per heavy atom. The Hall–Kier alpha value is -5.61.